The summed E-state index contributed by atoms with van der Waals surface area (Å²) in [5.74, 6) is 0.795. The van der Waals surface area contributed by atoms with Crippen molar-refractivity contribution in [3.05, 3.63) is 74.0 Å². The number of carboxylic acid groups (broad SMARTS) is 1. The van der Waals surface area contributed by atoms with Gasteiger partial charge in [0.2, 0.25) is 11.9 Å². The molecule has 2 aliphatic heterocycles. The van der Waals surface area contributed by atoms with Crippen molar-refractivity contribution in [1.82, 2.24) is 14.4 Å². The number of fused-ring (bicyclic) bond motifs is 3. The number of rotatable bonds is 19. The highest BCUT2D eigenvalue weighted by atomic mass is 32.2. The number of nitrogens with one attached hydrogen (secondary N) is 3. The molecule has 0 fully saturated rings. The van der Waals surface area contributed by atoms with Crippen LogP contribution in [0.3, 0.4) is 0 Å². The van der Waals surface area contributed by atoms with E-state index >= 15 is 0 Å². The monoisotopic (exact) mass is 977 g/mol. The molecular formula is C50H71N7O9S2. The molecule has 0 saturated heterocycles. The summed E-state index contributed by atoms with van der Waals surface area (Å²) in [6.45, 7) is 20.2. The Bertz CT molecular complexity index is 2860. The molecule has 68 heavy (non-hydrogen) atoms. The highest BCUT2D eigenvalue weighted by Crippen LogP contribution is 2.43. The number of aromatic nitrogens is 1. The summed E-state index contributed by atoms with van der Waals surface area (Å²) in [6.07, 6.45) is 8.69. The molecule has 8 N–H and O–H groups in total. The first kappa shape index (κ1) is 51.9. The molecular weight excluding hydrogens is 907 g/mol. The lowest BCUT2D eigenvalue weighted by Crippen LogP contribution is -2.38. The van der Waals surface area contributed by atoms with E-state index in [0.29, 0.717) is 78.0 Å². The van der Waals surface area contributed by atoms with Crippen LogP contribution < -0.4 is 35.1 Å². The van der Waals surface area contributed by atoms with E-state index in [0.717, 1.165) is 96.9 Å². The number of hydrogen-bond acceptors (Lipinski definition) is 10. The lowest BCUT2D eigenvalue weighted by Gasteiger charge is -2.35. The van der Waals surface area contributed by atoms with Gasteiger partial charge >= 0.3 is 5.97 Å². The number of aryl methyl sites for hydroxylation is 1. The second-order valence-corrected chi connectivity index (χ2v) is 22.8. The van der Waals surface area contributed by atoms with Crippen LogP contribution in [0.2, 0.25) is 0 Å². The highest BCUT2D eigenvalue weighted by molar-refractivity contribution is 7.90. The van der Waals surface area contributed by atoms with Crippen LogP contribution in [0.5, 0.6) is 17.2 Å². The van der Waals surface area contributed by atoms with E-state index < -0.39 is 26.0 Å². The van der Waals surface area contributed by atoms with Gasteiger partial charge in [-0.3, -0.25) is 9.98 Å². The molecule has 0 bridgehead atoms. The lowest BCUT2D eigenvalue weighted by molar-refractivity contribution is 0.0689. The van der Waals surface area contributed by atoms with Crippen molar-refractivity contribution in [1.29, 1.82) is 0 Å². The number of unbranched alkanes of at least 4 members (excludes halogenated alkanes) is 5. The van der Waals surface area contributed by atoms with Gasteiger partial charge in [0, 0.05) is 24.0 Å². The van der Waals surface area contributed by atoms with Gasteiger partial charge < -0.3 is 35.8 Å². The maximum atomic E-state index is 13.6. The molecule has 2 aliphatic rings. The van der Waals surface area contributed by atoms with E-state index in [-0.39, 0.29) is 38.6 Å². The summed E-state index contributed by atoms with van der Waals surface area (Å²) in [6, 6.07) is 5.50. The first-order valence-electron chi connectivity index (χ1n) is 23.6. The minimum atomic E-state index is -3.99. The molecule has 16 nitrogen and oxygen atoms in total. The Morgan fingerprint density at radius 3 is 1.66 bits per heavy atom. The third kappa shape index (κ3) is 11.7. The average Bonchev–Trinajstić information content (AvgIpc) is 3.61. The van der Waals surface area contributed by atoms with Gasteiger partial charge in [-0.25, -0.2) is 31.1 Å². The zero-order chi connectivity index (χ0) is 49.9. The number of ether oxygens (including phenoxy) is 3. The number of benzene rings is 3. The number of carbonyl (C=O) groups is 1. The van der Waals surface area contributed by atoms with E-state index in [2.05, 4.69) is 24.4 Å². The predicted octanol–water partition coefficient (Wildman–Crippen LogP) is 8.16. The van der Waals surface area contributed by atoms with Crippen molar-refractivity contribution in [2.75, 3.05) is 19.7 Å². The Labute approximate surface area is 402 Å². The molecule has 1 aromatic heterocycles. The molecule has 3 heterocycles. The summed E-state index contributed by atoms with van der Waals surface area (Å²) in [5.41, 5.74) is 19.1. The normalized spacial score (nSPS) is 15.9. The van der Waals surface area contributed by atoms with Crippen molar-refractivity contribution in [3.63, 3.8) is 0 Å². The molecule has 6 rings (SSSR count). The summed E-state index contributed by atoms with van der Waals surface area (Å²) >= 11 is 0. The van der Waals surface area contributed by atoms with Gasteiger partial charge in [-0.15, -0.1) is 0 Å². The molecule has 0 atom stereocenters. The van der Waals surface area contributed by atoms with Gasteiger partial charge in [-0.1, -0.05) is 12.8 Å². The van der Waals surface area contributed by atoms with Crippen LogP contribution in [-0.2, 0) is 39.3 Å². The summed E-state index contributed by atoms with van der Waals surface area (Å²) in [4.78, 5) is 24.3. The van der Waals surface area contributed by atoms with Crippen molar-refractivity contribution < 1.29 is 40.9 Å². The number of H-pyrrole nitrogens is 1. The topological polar surface area (TPSA) is 250 Å². The fraction of sp³-hybridized carbons (Fsp3) is 0.540. The van der Waals surface area contributed by atoms with Crippen LogP contribution in [0, 0.1) is 41.5 Å². The van der Waals surface area contributed by atoms with Crippen LogP contribution in [0.4, 0.5) is 0 Å². The van der Waals surface area contributed by atoms with Gasteiger partial charge in [0.25, 0.3) is 20.0 Å². The SMILES string of the molecule is Cc1c(C)c(S(=O)(=O)NC(N)=NCCCCCCc2c(C(=O)O)[nH]c3ccc(OCCCCCN=C(N)NS(=O)(=O)c4c(C)c(C)c5c(c4C)CCC(C)(C)O5)cc23)c(C)c2c1OC(C)(C)CC2. The Morgan fingerprint density at radius 2 is 1.18 bits per heavy atom. The van der Waals surface area contributed by atoms with Crippen molar-refractivity contribution in [2.45, 2.75) is 167 Å². The van der Waals surface area contributed by atoms with E-state index in [9.17, 15) is 26.7 Å². The Kier molecular flexibility index (Phi) is 15.7. The standard InChI is InChI=1S/C50H71N7O9S2/c1-29-31(3)44(33(5)36-21-23-49(7,8)65-42(29)36)67(60,61)56-47(51)53-25-15-12-11-14-18-38-39-28-35(19-20-40(39)55-41(38)46(58)59)64-27-17-13-16-26-54-48(52)57-68(62,63)45-32(4)30(2)43-37(34(45)6)22-24-50(9,10)66-43/h19-20,28,55H,11-18,21-27H2,1-10H3,(H,58,59)(H3,51,53,56)(H3,52,54,57). The maximum Gasteiger partial charge on any atom is 0.352 e. The number of carboxylic acids is 1. The Morgan fingerprint density at radius 1 is 0.706 bits per heavy atom. The fourth-order valence-electron chi connectivity index (χ4n) is 9.45. The van der Waals surface area contributed by atoms with Crippen molar-refractivity contribution in [3.8, 4) is 17.2 Å². The largest absolute Gasteiger partial charge is 0.494 e. The Hall–Kier alpha value is -5.49. The zero-order valence-electron chi connectivity index (χ0n) is 41.4. The smallest absolute Gasteiger partial charge is 0.352 e. The van der Waals surface area contributed by atoms with Gasteiger partial charge in [0.1, 0.15) is 34.1 Å². The van der Waals surface area contributed by atoms with Crippen LogP contribution in [0.1, 0.15) is 146 Å². The van der Waals surface area contributed by atoms with Gasteiger partial charge in [0.05, 0.1) is 16.4 Å². The first-order chi connectivity index (χ1) is 31.8. The number of nitrogens with two attached hydrogens (primary N) is 2. The summed E-state index contributed by atoms with van der Waals surface area (Å²) < 4.78 is 77.8. The van der Waals surface area contributed by atoms with Crippen molar-refractivity contribution in [2.24, 2.45) is 21.5 Å². The van der Waals surface area contributed by atoms with E-state index in [1.54, 1.807) is 13.8 Å². The third-order valence-electron chi connectivity index (χ3n) is 13.4. The molecule has 0 amide bonds. The third-order valence-corrected chi connectivity index (χ3v) is 16.7. The predicted molar refractivity (Wildman–Crippen MR) is 268 cm³/mol. The van der Waals surface area contributed by atoms with E-state index in [4.69, 9.17) is 25.7 Å². The molecule has 372 valence electrons. The lowest BCUT2D eigenvalue weighted by atomic mass is 9.88. The number of aromatic carboxylic acids is 1. The van der Waals surface area contributed by atoms with Gasteiger partial charge in [-0.2, -0.15) is 0 Å². The second-order valence-electron chi connectivity index (χ2n) is 19.6. The van der Waals surface area contributed by atoms with Crippen LogP contribution in [0.15, 0.2) is 38.0 Å². The minimum Gasteiger partial charge on any atom is -0.494 e. The highest BCUT2D eigenvalue weighted by Gasteiger charge is 2.35. The zero-order valence-corrected chi connectivity index (χ0v) is 43.1. The number of aromatic amines is 1. The Balaban J connectivity index is 0.944. The van der Waals surface area contributed by atoms with Crippen LogP contribution in [-0.4, -0.2) is 75.7 Å². The fourth-order valence-corrected chi connectivity index (χ4v) is 12.5. The second kappa shape index (κ2) is 20.6. The minimum absolute atomic E-state index is 0.154. The number of hydrogen-bond donors (Lipinski definition) is 6. The number of guanidine groups is 2. The van der Waals surface area contributed by atoms with Crippen molar-refractivity contribution >= 4 is 48.8 Å². The molecule has 0 saturated carbocycles. The number of sulfonamides is 2. The number of aliphatic imine (C=N–C) groups is 2. The molecule has 18 heteroatoms. The van der Waals surface area contributed by atoms with Crippen LogP contribution >= 0.6 is 0 Å². The van der Waals surface area contributed by atoms with E-state index in [1.807, 2.05) is 73.6 Å². The van der Waals surface area contributed by atoms with Crippen LogP contribution in [0.25, 0.3) is 10.9 Å². The number of nitrogens with zero attached hydrogens (tertiary/aromatic N) is 2. The summed E-state index contributed by atoms with van der Waals surface area (Å²) in [7, 11) is -7.98. The first-order valence-corrected chi connectivity index (χ1v) is 26.6. The molecule has 0 radical (unpaired) electrons. The molecule has 0 unspecified atom stereocenters. The molecule has 4 aromatic rings. The van der Waals surface area contributed by atoms with E-state index in [1.165, 1.54) is 0 Å². The van der Waals surface area contributed by atoms with Gasteiger partial charge in [-0.05, 0) is 202 Å². The molecule has 0 spiro atoms. The molecule has 3 aromatic carbocycles. The maximum absolute atomic E-state index is 13.6. The van der Waals surface area contributed by atoms with Gasteiger partial charge in [0.15, 0.2) is 0 Å². The quantitative estimate of drug-likeness (QED) is 0.0297. The molecule has 0 aliphatic carbocycles. The average molecular weight is 978 g/mol. The summed E-state index contributed by atoms with van der Waals surface area (Å²) in [5, 5.41) is 10.8.